The van der Waals surface area contributed by atoms with Gasteiger partial charge in [0.1, 0.15) is 24.4 Å². The van der Waals surface area contributed by atoms with Gasteiger partial charge < -0.3 is 60.2 Å². The molecule has 0 aromatic rings. The molecule has 0 aliphatic carbocycles. The van der Waals surface area contributed by atoms with Crippen molar-refractivity contribution in [2.24, 2.45) is 0 Å². The van der Waals surface area contributed by atoms with Crippen molar-refractivity contribution in [3.05, 3.63) is 11.5 Å². The first-order valence-electron chi connectivity index (χ1n) is 12.2. The molecule has 224 valence electrons. The Labute approximate surface area is 222 Å². The lowest BCUT2D eigenvalue weighted by Gasteiger charge is -2.28. The number of aliphatic carboxylic acids is 1. The van der Waals surface area contributed by atoms with Gasteiger partial charge in [-0.15, -0.1) is 0 Å². The molecule has 0 unspecified atom stereocenters. The lowest BCUT2D eigenvalue weighted by atomic mass is 9.99. The van der Waals surface area contributed by atoms with Gasteiger partial charge >= 0.3 is 23.9 Å². The highest BCUT2D eigenvalue weighted by molar-refractivity contribution is 5.90. The minimum Gasteiger partial charge on any atom is -0.499 e. The van der Waals surface area contributed by atoms with Gasteiger partial charge in [0.2, 0.25) is 17.6 Å². The maximum absolute atomic E-state index is 12.3. The van der Waals surface area contributed by atoms with Crippen LogP contribution in [-0.2, 0) is 33.4 Å². The molecule has 1 heterocycles. The van der Waals surface area contributed by atoms with Gasteiger partial charge in [0.15, 0.2) is 12.2 Å². The number of hydrogen-bond acceptors (Lipinski definition) is 15. The van der Waals surface area contributed by atoms with E-state index in [0.717, 1.165) is 19.3 Å². The molecule has 1 rings (SSSR count). The number of rotatable bonds is 19. The van der Waals surface area contributed by atoms with E-state index in [4.69, 9.17) is 24.4 Å². The van der Waals surface area contributed by atoms with Crippen LogP contribution in [0.15, 0.2) is 11.5 Å². The zero-order valence-electron chi connectivity index (χ0n) is 21.0. The Bertz CT molecular complexity index is 857. The molecule has 0 saturated heterocycles. The number of hydrogen-bond donors (Lipinski definition) is 9. The molecule has 0 radical (unpaired) electrons. The van der Waals surface area contributed by atoms with Gasteiger partial charge in [0.25, 0.3) is 0 Å². The van der Waals surface area contributed by atoms with Crippen LogP contribution in [0.4, 0.5) is 0 Å². The van der Waals surface area contributed by atoms with Crippen LogP contribution in [-0.4, -0.2) is 126 Å². The van der Waals surface area contributed by atoms with Crippen LogP contribution < -0.4 is 0 Å². The van der Waals surface area contributed by atoms with Crippen molar-refractivity contribution < 1.29 is 79.3 Å². The minimum absolute atomic E-state index is 0.0846. The Morgan fingerprint density at radius 2 is 1.38 bits per heavy atom. The van der Waals surface area contributed by atoms with Crippen LogP contribution >= 0.6 is 0 Å². The predicted molar refractivity (Wildman–Crippen MR) is 124 cm³/mol. The Kier molecular flexibility index (Phi) is 14.9. The SMILES string of the molecule is O=C(O)CCCCCCCCC(=O)O[C@@H](CO)[C@H]1OC(=O)C(O)=C1OC(=O)[C@H](O)[C@H](O)[C@H](O)[C@@H](O)[C@H](O)CO. The first-order valence-corrected chi connectivity index (χ1v) is 12.2. The standard InChI is InChI=1S/C23H36O16/c24-9-11(26)15(30)16(31)17(32)18(33)22(35)39-21-19(34)23(36)38-20(21)12(10-25)37-14(29)8-6-4-2-1-3-5-7-13(27)28/h11-12,15-18,20,24-26,30-34H,1-10H2,(H,27,28)/t11-,12+,15+,16-,17-,18-,20-/m1/s1. The Morgan fingerprint density at radius 3 is 1.92 bits per heavy atom. The number of cyclic esters (lactones) is 1. The van der Waals surface area contributed by atoms with E-state index in [-0.39, 0.29) is 12.8 Å². The number of aliphatic hydroxyl groups is 8. The fourth-order valence-corrected chi connectivity index (χ4v) is 3.52. The van der Waals surface area contributed by atoms with Gasteiger partial charge in [-0.05, 0) is 12.8 Å². The van der Waals surface area contributed by atoms with Gasteiger partial charge in [0.05, 0.1) is 13.2 Å². The van der Waals surface area contributed by atoms with Gasteiger partial charge in [-0.1, -0.05) is 25.7 Å². The molecule has 1 aliphatic rings. The first-order chi connectivity index (χ1) is 18.3. The zero-order chi connectivity index (χ0) is 29.7. The number of unbranched alkanes of at least 4 members (excludes halogenated alkanes) is 5. The van der Waals surface area contributed by atoms with Crippen LogP contribution in [0.25, 0.3) is 0 Å². The summed E-state index contributed by atoms with van der Waals surface area (Å²) in [4.78, 5) is 46.8. The first kappa shape index (κ1) is 34.2. The molecular weight excluding hydrogens is 532 g/mol. The summed E-state index contributed by atoms with van der Waals surface area (Å²) in [7, 11) is 0. The molecule has 0 fully saturated rings. The zero-order valence-corrected chi connectivity index (χ0v) is 21.0. The number of esters is 3. The molecule has 16 heteroatoms. The second-order valence-corrected chi connectivity index (χ2v) is 8.85. The quantitative estimate of drug-likeness (QED) is 0.0430. The van der Waals surface area contributed by atoms with Crippen molar-refractivity contribution in [2.45, 2.75) is 94.1 Å². The highest BCUT2D eigenvalue weighted by atomic mass is 16.6. The van der Waals surface area contributed by atoms with Gasteiger partial charge in [0, 0.05) is 12.8 Å². The van der Waals surface area contributed by atoms with Crippen molar-refractivity contribution in [2.75, 3.05) is 13.2 Å². The predicted octanol–water partition coefficient (Wildman–Crippen LogP) is -2.87. The third-order valence-electron chi connectivity index (χ3n) is 5.80. The molecule has 1 aliphatic heterocycles. The molecule has 0 spiro atoms. The number of carbonyl (C=O) groups excluding carboxylic acids is 3. The van der Waals surface area contributed by atoms with E-state index in [2.05, 4.69) is 0 Å². The van der Waals surface area contributed by atoms with Crippen LogP contribution in [0.5, 0.6) is 0 Å². The lowest BCUT2D eigenvalue weighted by molar-refractivity contribution is -0.176. The molecule has 0 amide bonds. The van der Waals surface area contributed by atoms with Crippen LogP contribution in [0.2, 0.25) is 0 Å². The average molecular weight is 569 g/mol. The van der Waals surface area contributed by atoms with Crippen molar-refractivity contribution in [3.8, 4) is 0 Å². The van der Waals surface area contributed by atoms with Gasteiger partial charge in [-0.3, -0.25) is 9.59 Å². The number of aliphatic hydroxyl groups excluding tert-OH is 8. The summed E-state index contributed by atoms with van der Waals surface area (Å²) in [6.45, 7) is -1.97. The second kappa shape index (κ2) is 17.0. The van der Waals surface area contributed by atoms with Crippen molar-refractivity contribution in [3.63, 3.8) is 0 Å². The highest BCUT2D eigenvalue weighted by Gasteiger charge is 2.46. The summed E-state index contributed by atoms with van der Waals surface area (Å²) < 4.78 is 14.6. The molecule has 7 atom stereocenters. The Hall–Kier alpha value is -2.86. The molecule has 0 aromatic carbocycles. The van der Waals surface area contributed by atoms with Crippen LogP contribution in [0.1, 0.15) is 51.4 Å². The van der Waals surface area contributed by atoms with Gasteiger partial charge in [-0.2, -0.15) is 0 Å². The Morgan fingerprint density at radius 1 is 0.821 bits per heavy atom. The third-order valence-corrected chi connectivity index (χ3v) is 5.80. The summed E-state index contributed by atoms with van der Waals surface area (Å²) >= 11 is 0. The topological polar surface area (TPSA) is 278 Å². The van der Waals surface area contributed by atoms with E-state index in [1.165, 1.54) is 0 Å². The van der Waals surface area contributed by atoms with E-state index in [1.54, 1.807) is 0 Å². The normalized spacial score (nSPS) is 20.0. The molecule has 0 aromatic heterocycles. The molecular formula is C23H36O16. The van der Waals surface area contributed by atoms with E-state index in [0.29, 0.717) is 19.3 Å². The number of carboxylic acids is 1. The van der Waals surface area contributed by atoms with Gasteiger partial charge in [-0.25, -0.2) is 9.59 Å². The monoisotopic (exact) mass is 568 g/mol. The maximum atomic E-state index is 12.3. The summed E-state index contributed by atoms with van der Waals surface area (Å²) in [5, 5.41) is 85.7. The molecule has 16 nitrogen and oxygen atoms in total. The summed E-state index contributed by atoms with van der Waals surface area (Å²) in [6.07, 6.45) is -11.2. The molecule has 0 bridgehead atoms. The average Bonchev–Trinajstić information content (AvgIpc) is 3.18. The van der Waals surface area contributed by atoms with E-state index >= 15 is 0 Å². The molecule has 9 N–H and O–H groups in total. The molecule has 0 saturated carbocycles. The summed E-state index contributed by atoms with van der Waals surface area (Å²) in [5.41, 5.74) is 0. The summed E-state index contributed by atoms with van der Waals surface area (Å²) in [6, 6.07) is 0. The van der Waals surface area contributed by atoms with Crippen molar-refractivity contribution >= 4 is 23.9 Å². The van der Waals surface area contributed by atoms with Crippen molar-refractivity contribution in [1.82, 2.24) is 0 Å². The lowest BCUT2D eigenvalue weighted by Crippen LogP contribution is -2.52. The van der Waals surface area contributed by atoms with Crippen LogP contribution in [0, 0.1) is 0 Å². The second-order valence-electron chi connectivity index (χ2n) is 8.85. The highest BCUT2D eigenvalue weighted by Crippen LogP contribution is 2.27. The van der Waals surface area contributed by atoms with Crippen molar-refractivity contribution in [1.29, 1.82) is 0 Å². The van der Waals surface area contributed by atoms with E-state index < -0.39 is 91.3 Å². The summed E-state index contributed by atoms with van der Waals surface area (Å²) in [5.74, 6) is -7.09. The molecule has 39 heavy (non-hydrogen) atoms. The number of ether oxygens (including phenoxy) is 3. The fourth-order valence-electron chi connectivity index (χ4n) is 3.52. The number of carboxylic acid groups (broad SMARTS) is 1. The maximum Gasteiger partial charge on any atom is 0.378 e. The Balaban J connectivity index is 2.69. The number of carbonyl (C=O) groups is 4. The minimum atomic E-state index is -2.60. The van der Waals surface area contributed by atoms with E-state index in [9.17, 15) is 54.9 Å². The largest absolute Gasteiger partial charge is 0.499 e. The van der Waals surface area contributed by atoms with E-state index in [1.807, 2.05) is 0 Å². The third kappa shape index (κ3) is 10.7. The smallest absolute Gasteiger partial charge is 0.378 e. The fraction of sp³-hybridized carbons (Fsp3) is 0.739. The van der Waals surface area contributed by atoms with Crippen LogP contribution in [0.3, 0.4) is 0 Å².